The molecule has 2 aromatic heterocycles. The van der Waals surface area contributed by atoms with Crippen LogP contribution in [0.15, 0.2) is 48.5 Å². The zero-order valence-corrected chi connectivity index (χ0v) is 21.4. The molecule has 4 aromatic rings. The average Bonchev–Trinajstić information content (AvgIpc) is 3.18. The lowest BCUT2D eigenvalue weighted by atomic mass is 10.1. The van der Waals surface area contributed by atoms with Gasteiger partial charge in [-0.1, -0.05) is 23.7 Å². The average molecular weight is 523 g/mol. The maximum Gasteiger partial charge on any atom is 0.274 e. The molecule has 2 aliphatic rings. The quantitative estimate of drug-likeness (QED) is 0.387. The number of carbonyl (C=O) groups is 2. The molecule has 6 rings (SSSR count). The number of amides is 2. The number of hydrogen-bond acceptors (Lipinski definition) is 4. The summed E-state index contributed by atoms with van der Waals surface area (Å²) < 4.78 is 15.4. The van der Waals surface area contributed by atoms with Crippen molar-refractivity contribution in [3.63, 3.8) is 0 Å². The summed E-state index contributed by atoms with van der Waals surface area (Å²) in [6.07, 6.45) is 1.06. The van der Waals surface area contributed by atoms with Gasteiger partial charge in [-0.05, 0) is 67.1 Å². The summed E-state index contributed by atoms with van der Waals surface area (Å²) in [6.45, 7) is 2.92. The molecule has 1 saturated carbocycles. The van der Waals surface area contributed by atoms with E-state index in [0.29, 0.717) is 46.7 Å². The lowest BCUT2D eigenvalue weighted by molar-refractivity contribution is 0.0690. The van der Waals surface area contributed by atoms with Gasteiger partial charge >= 0.3 is 0 Å². The first kappa shape index (κ1) is 23.2. The molecule has 0 unspecified atom stereocenters. The molecule has 0 bridgehead atoms. The zero-order chi connectivity index (χ0) is 25.1. The molecule has 2 amide bonds. The largest absolute Gasteiger partial charge is 0.349 e. The first-order chi connectivity index (χ1) is 17.3. The van der Waals surface area contributed by atoms with Crippen molar-refractivity contribution in [2.45, 2.75) is 19.4 Å². The number of aryl methyl sites for hydroxylation is 2. The fourth-order valence-corrected chi connectivity index (χ4v) is 6.52. The monoisotopic (exact) mass is 522 g/mol. The predicted octanol–water partition coefficient (Wildman–Crippen LogP) is 5.29. The summed E-state index contributed by atoms with van der Waals surface area (Å²) in [5.74, 6) is 0.154. The van der Waals surface area contributed by atoms with E-state index in [9.17, 15) is 14.0 Å². The van der Waals surface area contributed by atoms with Crippen LogP contribution >= 0.6 is 22.9 Å². The van der Waals surface area contributed by atoms with Crippen LogP contribution in [0.2, 0.25) is 5.02 Å². The first-order valence-electron chi connectivity index (χ1n) is 11.9. The van der Waals surface area contributed by atoms with Crippen molar-refractivity contribution in [3.05, 3.63) is 75.8 Å². The maximum absolute atomic E-state index is 13.7. The second-order valence-electron chi connectivity index (χ2n) is 9.61. The Labute approximate surface area is 216 Å². The highest BCUT2D eigenvalue weighted by Gasteiger charge is 2.54. The number of nitrogens with zero attached hydrogens (tertiary/aromatic N) is 3. The van der Waals surface area contributed by atoms with Crippen LogP contribution in [0.4, 0.5) is 4.39 Å². The third-order valence-electron chi connectivity index (χ3n) is 7.30. The number of nitrogens with one attached hydrogen (secondary N) is 1. The van der Waals surface area contributed by atoms with Crippen molar-refractivity contribution < 1.29 is 14.0 Å². The van der Waals surface area contributed by atoms with E-state index in [2.05, 4.69) is 10.3 Å². The number of benzene rings is 2. The molecule has 2 fully saturated rings. The minimum atomic E-state index is -0.339. The maximum atomic E-state index is 13.7. The van der Waals surface area contributed by atoms with Gasteiger partial charge in [-0.25, -0.2) is 9.37 Å². The summed E-state index contributed by atoms with van der Waals surface area (Å²) in [5.41, 5.74) is 2.55. The van der Waals surface area contributed by atoms with Crippen molar-refractivity contribution in [1.29, 1.82) is 0 Å². The highest BCUT2D eigenvalue weighted by molar-refractivity contribution is 7.15. The molecule has 1 aliphatic carbocycles. The van der Waals surface area contributed by atoms with Crippen LogP contribution in [0.25, 0.3) is 21.3 Å². The van der Waals surface area contributed by atoms with Gasteiger partial charge in [0, 0.05) is 36.1 Å². The number of carbonyl (C=O) groups excluding carboxylic acids is 2. The van der Waals surface area contributed by atoms with Gasteiger partial charge in [-0.2, -0.15) is 0 Å². The van der Waals surface area contributed by atoms with E-state index in [1.165, 1.54) is 23.5 Å². The Morgan fingerprint density at radius 3 is 2.86 bits per heavy atom. The van der Waals surface area contributed by atoms with Crippen molar-refractivity contribution in [1.82, 2.24) is 19.8 Å². The number of halogens is 2. The van der Waals surface area contributed by atoms with Crippen molar-refractivity contribution >= 4 is 45.7 Å². The minimum absolute atomic E-state index is 0.0900. The normalized spacial score (nSPS) is 20.6. The fourth-order valence-electron chi connectivity index (χ4n) is 5.43. The summed E-state index contributed by atoms with van der Waals surface area (Å²) in [4.78, 5) is 34.1. The number of aromatic nitrogens is 2. The Hall–Kier alpha value is -3.23. The second kappa shape index (κ2) is 8.71. The van der Waals surface area contributed by atoms with Crippen LogP contribution in [0.1, 0.15) is 32.4 Å². The number of fused-ring (bicyclic) bond motifs is 2. The molecule has 9 heteroatoms. The number of hydrogen-bond donors (Lipinski definition) is 1. The fraction of sp³-hybridized carbons (Fsp3) is 0.296. The molecule has 1 aliphatic heterocycles. The second-order valence-corrected chi connectivity index (χ2v) is 11.2. The molecule has 1 N–H and O–H groups in total. The van der Waals surface area contributed by atoms with Crippen LogP contribution in [0.3, 0.4) is 0 Å². The van der Waals surface area contributed by atoms with Crippen LogP contribution in [-0.2, 0) is 7.05 Å². The van der Waals surface area contributed by atoms with Gasteiger partial charge < -0.3 is 14.8 Å². The van der Waals surface area contributed by atoms with Gasteiger partial charge in [-0.3, -0.25) is 9.59 Å². The highest BCUT2D eigenvalue weighted by atomic mass is 35.5. The highest BCUT2D eigenvalue weighted by Crippen LogP contribution is 2.50. The van der Waals surface area contributed by atoms with E-state index in [0.717, 1.165) is 27.4 Å². The van der Waals surface area contributed by atoms with E-state index >= 15 is 0 Å². The van der Waals surface area contributed by atoms with Crippen molar-refractivity contribution in [3.8, 4) is 10.4 Å². The Balaban J connectivity index is 1.22. The van der Waals surface area contributed by atoms with Gasteiger partial charge in [0.25, 0.3) is 11.8 Å². The molecule has 0 spiro atoms. The number of piperidine rings is 1. The van der Waals surface area contributed by atoms with Crippen LogP contribution in [-0.4, -0.2) is 45.4 Å². The van der Waals surface area contributed by atoms with Gasteiger partial charge in [0.2, 0.25) is 0 Å². The van der Waals surface area contributed by atoms with E-state index in [1.807, 2.05) is 30.0 Å². The lowest BCUT2D eigenvalue weighted by Gasteiger charge is -2.27. The number of rotatable bonds is 5. The SMILES string of the molecule is Cc1nc(C(=O)N2C[C@H]3C[C@H]3[C@H]2CNC(=O)c2cc3cc(F)ccc3n2C)c(-c2cccc(Cl)c2)s1. The molecule has 6 nitrogen and oxygen atoms in total. The molecule has 2 aromatic carbocycles. The smallest absolute Gasteiger partial charge is 0.274 e. The van der Waals surface area contributed by atoms with E-state index in [1.54, 1.807) is 29.8 Å². The van der Waals surface area contributed by atoms with Gasteiger partial charge in [0.1, 0.15) is 17.2 Å². The molecule has 36 heavy (non-hydrogen) atoms. The van der Waals surface area contributed by atoms with Crippen molar-refractivity contribution in [2.24, 2.45) is 18.9 Å². The molecule has 0 radical (unpaired) electrons. The zero-order valence-electron chi connectivity index (χ0n) is 19.8. The summed E-state index contributed by atoms with van der Waals surface area (Å²) in [5, 5.41) is 5.12. The van der Waals surface area contributed by atoms with Crippen molar-refractivity contribution in [2.75, 3.05) is 13.1 Å². The first-order valence-corrected chi connectivity index (χ1v) is 13.1. The summed E-state index contributed by atoms with van der Waals surface area (Å²) in [6, 6.07) is 13.5. The minimum Gasteiger partial charge on any atom is -0.349 e. The third-order valence-corrected chi connectivity index (χ3v) is 8.55. The Kier molecular flexibility index (Phi) is 5.61. The summed E-state index contributed by atoms with van der Waals surface area (Å²) in [7, 11) is 1.79. The Bertz CT molecular complexity index is 1530. The van der Waals surface area contributed by atoms with Crippen LogP contribution in [0.5, 0.6) is 0 Å². The number of likely N-dealkylation sites (tertiary alicyclic amines) is 1. The van der Waals surface area contributed by atoms with Gasteiger partial charge in [-0.15, -0.1) is 11.3 Å². The molecular weight excluding hydrogens is 499 g/mol. The molecule has 184 valence electrons. The van der Waals surface area contributed by atoms with E-state index in [4.69, 9.17) is 11.6 Å². The molecular formula is C27H24ClFN4O2S. The number of thiazole rings is 1. The molecule has 1 saturated heterocycles. The Morgan fingerprint density at radius 2 is 2.06 bits per heavy atom. The lowest BCUT2D eigenvalue weighted by Crippen LogP contribution is -2.46. The molecule has 3 atom stereocenters. The Morgan fingerprint density at radius 1 is 1.22 bits per heavy atom. The van der Waals surface area contributed by atoms with E-state index in [-0.39, 0.29) is 23.7 Å². The van der Waals surface area contributed by atoms with Gasteiger partial charge in [0.15, 0.2) is 0 Å². The third kappa shape index (κ3) is 3.98. The van der Waals surface area contributed by atoms with Crippen LogP contribution in [0, 0.1) is 24.6 Å². The van der Waals surface area contributed by atoms with Gasteiger partial charge in [0.05, 0.1) is 15.9 Å². The molecule has 3 heterocycles. The predicted molar refractivity (Wildman–Crippen MR) is 139 cm³/mol. The van der Waals surface area contributed by atoms with Crippen LogP contribution < -0.4 is 5.32 Å². The standard InChI is InChI=1S/C27H24ClFN4O2S/c1-14-31-24(25(36-14)15-4-3-5-18(28)8-15)27(35)33-13-17-10-20(17)23(33)12-30-26(34)22-11-16-9-19(29)6-7-21(16)32(22)2/h3-9,11,17,20,23H,10,12-13H2,1-2H3,(H,30,34)/t17-,20-,23-/m1/s1. The summed E-state index contributed by atoms with van der Waals surface area (Å²) >= 11 is 7.68. The van der Waals surface area contributed by atoms with E-state index < -0.39 is 0 Å². The topological polar surface area (TPSA) is 67.2 Å².